The second kappa shape index (κ2) is 4.14. The number of carboxylic acid groups (broad SMARTS) is 1. The van der Waals surface area contributed by atoms with Crippen molar-refractivity contribution in [1.29, 1.82) is 0 Å². The average Bonchev–Trinajstić information content (AvgIpc) is 2.65. The Labute approximate surface area is 90.9 Å². The van der Waals surface area contributed by atoms with Crippen molar-refractivity contribution in [2.75, 3.05) is 0 Å². The second-order valence-corrected chi connectivity index (χ2v) is 3.30. The van der Waals surface area contributed by atoms with Crippen molar-refractivity contribution in [3.8, 4) is 5.69 Å². The van der Waals surface area contributed by atoms with Gasteiger partial charge in [-0.3, -0.25) is 4.79 Å². The molecule has 0 amide bonds. The van der Waals surface area contributed by atoms with Gasteiger partial charge in [-0.25, -0.2) is 9.07 Å². The highest BCUT2D eigenvalue weighted by Gasteiger charge is 2.05. The molecule has 0 aliphatic carbocycles. The highest BCUT2D eigenvalue weighted by molar-refractivity contribution is 5.69. The van der Waals surface area contributed by atoms with E-state index in [0.717, 1.165) is 0 Å². The van der Waals surface area contributed by atoms with Crippen LogP contribution in [0.3, 0.4) is 0 Å². The Morgan fingerprint density at radius 3 is 2.94 bits per heavy atom. The van der Waals surface area contributed by atoms with Gasteiger partial charge in [-0.05, 0) is 24.3 Å². The zero-order valence-corrected chi connectivity index (χ0v) is 8.30. The third-order valence-corrected chi connectivity index (χ3v) is 2.05. The van der Waals surface area contributed by atoms with E-state index >= 15 is 0 Å². The third-order valence-electron chi connectivity index (χ3n) is 2.05. The first-order valence-corrected chi connectivity index (χ1v) is 4.67. The van der Waals surface area contributed by atoms with Gasteiger partial charge < -0.3 is 5.11 Å². The van der Waals surface area contributed by atoms with Gasteiger partial charge in [0, 0.05) is 6.20 Å². The van der Waals surface area contributed by atoms with Gasteiger partial charge in [0.15, 0.2) is 0 Å². The SMILES string of the molecule is O=C(O)Cc1ccn(-c2cccc(F)c2)n1. The Balaban J connectivity index is 2.28. The molecule has 82 valence electrons. The van der Waals surface area contributed by atoms with Crippen molar-refractivity contribution in [2.24, 2.45) is 0 Å². The van der Waals surface area contributed by atoms with Crippen LogP contribution in [0.2, 0.25) is 0 Å². The molecule has 1 N–H and O–H groups in total. The maximum Gasteiger partial charge on any atom is 0.309 e. The lowest BCUT2D eigenvalue weighted by molar-refractivity contribution is -0.136. The smallest absolute Gasteiger partial charge is 0.309 e. The van der Waals surface area contributed by atoms with Crippen LogP contribution in [0, 0.1) is 5.82 Å². The van der Waals surface area contributed by atoms with Gasteiger partial charge in [0.2, 0.25) is 0 Å². The van der Waals surface area contributed by atoms with Gasteiger partial charge in [-0.15, -0.1) is 0 Å². The predicted octanol–water partition coefficient (Wildman–Crippen LogP) is 1.64. The monoisotopic (exact) mass is 220 g/mol. The van der Waals surface area contributed by atoms with Crippen LogP contribution in [0.4, 0.5) is 4.39 Å². The minimum atomic E-state index is -0.940. The Morgan fingerprint density at radius 2 is 2.25 bits per heavy atom. The van der Waals surface area contributed by atoms with Crippen molar-refractivity contribution in [3.05, 3.63) is 48.0 Å². The van der Waals surface area contributed by atoms with E-state index in [9.17, 15) is 9.18 Å². The van der Waals surface area contributed by atoms with Crippen LogP contribution in [0.5, 0.6) is 0 Å². The fourth-order valence-corrected chi connectivity index (χ4v) is 1.37. The molecule has 16 heavy (non-hydrogen) atoms. The van der Waals surface area contributed by atoms with Gasteiger partial charge in [-0.1, -0.05) is 6.07 Å². The zero-order chi connectivity index (χ0) is 11.5. The van der Waals surface area contributed by atoms with Crippen molar-refractivity contribution in [1.82, 2.24) is 9.78 Å². The summed E-state index contributed by atoms with van der Waals surface area (Å²) < 4.78 is 14.4. The highest BCUT2D eigenvalue weighted by Crippen LogP contribution is 2.09. The fraction of sp³-hybridized carbons (Fsp3) is 0.0909. The van der Waals surface area contributed by atoms with Gasteiger partial charge in [0.25, 0.3) is 0 Å². The first kappa shape index (κ1) is 10.4. The Morgan fingerprint density at radius 1 is 1.44 bits per heavy atom. The molecule has 0 saturated carbocycles. The van der Waals surface area contributed by atoms with Crippen LogP contribution in [0.15, 0.2) is 36.5 Å². The number of hydrogen-bond donors (Lipinski definition) is 1. The van der Waals surface area contributed by atoms with E-state index in [1.54, 1.807) is 24.4 Å². The average molecular weight is 220 g/mol. The molecule has 1 aromatic heterocycles. The number of halogens is 1. The number of benzene rings is 1. The van der Waals surface area contributed by atoms with E-state index in [0.29, 0.717) is 11.4 Å². The summed E-state index contributed by atoms with van der Waals surface area (Å²) in [7, 11) is 0. The molecule has 1 heterocycles. The van der Waals surface area contributed by atoms with E-state index in [1.807, 2.05) is 0 Å². The van der Waals surface area contributed by atoms with Crippen LogP contribution >= 0.6 is 0 Å². The van der Waals surface area contributed by atoms with Crippen molar-refractivity contribution in [2.45, 2.75) is 6.42 Å². The lowest BCUT2D eigenvalue weighted by Gasteiger charge is -2.00. The summed E-state index contributed by atoms with van der Waals surface area (Å²) >= 11 is 0. The molecule has 0 bridgehead atoms. The van der Waals surface area contributed by atoms with Crippen LogP contribution in [0.1, 0.15) is 5.69 Å². The van der Waals surface area contributed by atoms with Crippen molar-refractivity contribution in [3.63, 3.8) is 0 Å². The fourth-order valence-electron chi connectivity index (χ4n) is 1.37. The highest BCUT2D eigenvalue weighted by atomic mass is 19.1. The van der Waals surface area contributed by atoms with Crippen LogP contribution in [0.25, 0.3) is 5.69 Å². The summed E-state index contributed by atoms with van der Waals surface area (Å²) in [5.41, 5.74) is 1.01. The number of hydrogen-bond acceptors (Lipinski definition) is 2. The van der Waals surface area contributed by atoms with Gasteiger partial charge in [0.05, 0.1) is 17.8 Å². The summed E-state index contributed by atoms with van der Waals surface area (Å²) in [6, 6.07) is 7.53. The van der Waals surface area contributed by atoms with Crippen LogP contribution < -0.4 is 0 Å². The molecule has 2 rings (SSSR count). The molecule has 0 atom stereocenters. The summed E-state index contributed by atoms with van der Waals surface area (Å²) in [5, 5.41) is 12.6. The third kappa shape index (κ3) is 2.25. The van der Waals surface area contributed by atoms with Crippen LogP contribution in [-0.4, -0.2) is 20.9 Å². The van der Waals surface area contributed by atoms with Crippen LogP contribution in [-0.2, 0) is 11.2 Å². The normalized spacial score (nSPS) is 10.3. The molecule has 4 nitrogen and oxygen atoms in total. The number of nitrogens with zero attached hydrogens (tertiary/aromatic N) is 2. The molecule has 0 spiro atoms. The Bertz CT molecular complexity index is 522. The molecule has 1 aromatic carbocycles. The van der Waals surface area contributed by atoms with Gasteiger partial charge in [0.1, 0.15) is 5.82 Å². The zero-order valence-electron chi connectivity index (χ0n) is 8.30. The van der Waals surface area contributed by atoms with E-state index in [4.69, 9.17) is 5.11 Å². The number of aromatic nitrogens is 2. The summed E-state index contributed by atoms with van der Waals surface area (Å²) in [5.74, 6) is -1.29. The minimum absolute atomic E-state index is 0.137. The van der Waals surface area contributed by atoms with E-state index in [2.05, 4.69) is 5.10 Å². The minimum Gasteiger partial charge on any atom is -0.481 e. The number of carbonyl (C=O) groups is 1. The molecule has 0 aliphatic heterocycles. The molecule has 0 saturated heterocycles. The number of aliphatic carboxylic acids is 1. The summed E-state index contributed by atoms with van der Waals surface area (Å²) in [6.45, 7) is 0. The molecule has 0 aliphatic rings. The Hall–Kier alpha value is -2.17. The quantitative estimate of drug-likeness (QED) is 0.855. The molecular weight excluding hydrogens is 211 g/mol. The molecule has 0 unspecified atom stereocenters. The molecule has 0 radical (unpaired) electrons. The molecular formula is C11H9FN2O2. The lowest BCUT2D eigenvalue weighted by atomic mass is 10.3. The summed E-state index contributed by atoms with van der Waals surface area (Å²) in [6.07, 6.45) is 1.47. The summed E-state index contributed by atoms with van der Waals surface area (Å²) in [4.78, 5) is 10.5. The first-order valence-electron chi connectivity index (χ1n) is 4.67. The lowest BCUT2D eigenvalue weighted by Crippen LogP contribution is -2.02. The molecule has 2 aromatic rings. The number of carboxylic acids is 1. The number of rotatable bonds is 3. The largest absolute Gasteiger partial charge is 0.481 e. The van der Waals surface area contributed by atoms with E-state index in [-0.39, 0.29) is 12.2 Å². The van der Waals surface area contributed by atoms with Gasteiger partial charge in [-0.2, -0.15) is 5.10 Å². The topological polar surface area (TPSA) is 55.1 Å². The van der Waals surface area contributed by atoms with Gasteiger partial charge >= 0.3 is 5.97 Å². The second-order valence-electron chi connectivity index (χ2n) is 3.30. The van der Waals surface area contributed by atoms with E-state index < -0.39 is 5.97 Å². The van der Waals surface area contributed by atoms with Crippen molar-refractivity contribution < 1.29 is 14.3 Å². The standard InChI is InChI=1S/C11H9FN2O2/c12-8-2-1-3-10(6-8)14-5-4-9(13-14)7-11(15)16/h1-6H,7H2,(H,15,16). The maximum absolute atomic E-state index is 12.9. The first-order chi connectivity index (χ1) is 7.65. The maximum atomic E-state index is 12.9. The molecule has 0 fully saturated rings. The predicted molar refractivity (Wildman–Crippen MR) is 54.9 cm³/mol. The Kier molecular flexibility index (Phi) is 2.68. The van der Waals surface area contributed by atoms with E-state index in [1.165, 1.54) is 16.8 Å². The molecule has 5 heteroatoms. The van der Waals surface area contributed by atoms with Crippen molar-refractivity contribution >= 4 is 5.97 Å².